The van der Waals surface area contributed by atoms with Crippen molar-refractivity contribution in [1.29, 1.82) is 0 Å². The SMILES string of the molecule is C=C1CCCCC(c2ccc(-c3cc(C)ccc3N/C=N\N)cn2)c2nc(c[nH]2)-c2cc(F)ccc2N1. The van der Waals surface area contributed by atoms with E-state index in [4.69, 9.17) is 15.8 Å². The van der Waals surface area contributed by atoms with Gasteiger partial charge in [0, 0.05) is 46.2 Å². The molecule has 2 aromatic heterocycles. The Bertz CT molecular complexity index is 1440. The van der Waals surface area contributed by atoms with Gasteiger partial charge in [0.25, 0.3) is 0 Å². The molecule has 0 saturated carbocycles. The van der Waals surface area contributed by atoms with Gasteiger partial charge >= 0.3 is 0 Å². The maximum atomic E-state index is 14.1. The summed E-state index contributed by atoms with van der Waals surface area (Å²) < 4.78 is 14.1. The first-order chi connectivity index (χ1) is 18.0. The first-order valence-electron chi connectivity index (χ1n) is 12.4. The van der Waals surface area contributed by atoms with E-state index in [0.717, 1.165) is 71.0 Å². The van der Waals surface area contributed by atoms with Crippen molar-refractivity contribution in [3.8, 4) is 22.4 Å². The van der Waals surface area contributed by atoms with E-state index in [0.29, 0.717) is 11.3 Å². The number of imidazole rings is 1. The summed E-state index contributed by atoms with van der Waals surface area (Å²) in [6.07, 6.45) is 8.88. The van der Waals surface area contributed by atoms with E-state index >= 15 is 0 Å². The van der Waals surface area contributed by atoms with E-state index in [1.165, 1.54) is 18.5 Å². The van der Waals surface area contributed by atoms with Gasteiger partial charge in [-0.15, -0.1) is 0 Å². The van der Waals surface area contributed by atoms with Gasteiger partial charge in [0.2, 0.25) is 0 Å². The molecule has 1 aliphatic heterocycles. The van der Waals surface area contributed by atoms with Crippen LogP contribution in [0, 0.1) is 12.7 Å². The average Bonchev–Trinajstić information content (AvgIpc) is 3.38. The fourth-order valence-electron chi connectivity index (χ4n) is 4.76. The molecule has 4 aromatic rings. The molecular weight excluding hydrogens is 465 g/mol. The third kappa shape index (κ3) is 5.38. The third-order valence-electron chi connectivity index (χ3n) is 6.64. The van der Waals surface area contributed by atoms with Gasteiger partial charge in [-0.05, 0) is 62.6 Å². The number of nitrogens with two attached hydrogens (primary N) is 1. The molecule has 1 unspecified atom stereocenters. The molecule has 1 atom stereocenters. The molecule has 37 heavy (non-hydrogen) atoms. The maximum absolute atomic E-state index is 14.1. The lowest BCUT2D eigenvalue weighted by Gasteiger charge is -2.18. The number of nitrogens with one attached hydrogen (secondary N) is 3. The zero-order chi connectivity index (χ0) is 25.8. The zero-order valence-electron chi connectivity index (χ0n) is 20.8. The topological polar surface area (TPSA) is 104 Å². The molecule has 7 nitrogen and oxygen atoms in total. The molecule has 3 heterocycles. The van der Waals surface area contributed by atoms with Gasteiger partial charge in [-0.25, -0.2) is 9.37 Å². The van der Waals surface area contributed by atoms with Crippen LogP contribution in [0.3, 0.4) is 0 Å². The number of hydrazone groups is 1. The summed E-state index contributed by atoms with van der Waals surface area (Å²) in [5, 5.41) is 10.0. The first-order valence-corrected chi connectivity index (χ1v) is 12.4. The molecular formula is C29H30FN7. The third-order valence-corrected chi connectivity index (χ3v) is 6.64. The minimum absolute atomic E-state index is 0.0139. The number of aryl methyl sites for hydroxylation is 1. The number of pyridine rings is 1. The largest absolute Gasteiger partial charge is 0.359 e. The molecule has 8 heteroatoms. The van der Waals surface area contributed by atoms with E-state index in [1.807, 2.05) is 24.5 Å². The smallest absolute Gasteiger partial charge is 0.124 e. The number of rotatable bonds is 4. The summed E-state index contributed by atoms with van der Waals surface area (Å²) >= 11 is 0. The lowest BCUT2D eigenvalue weighted by Crippen LogP contribution is -2.07. The van der Waals surface area contributed by atoms with Crippen molar-refractivity contribution < 1.29 is 4.39 Å². The predicted molar refractivity (Wildman–Crippen MR) is 148 cm³/mol. The molecule has 0 spiro atoms. The second-order valence-corrected chi connectivity index (χ2v) is 9.33. The number of halogens is 1. The van der Waals surface area contributed by atoms with Gasteiger partial charge < -0.3 is 21.5 Å². The van der Waals surface area contributed by atoms with Crippen LogP contribution < -0.4 is 16.5 Å². The van der Waals surface area contributed by atoms with Crippen molar-refractivity contribution in [1.82, 2.24) is 15.0 Å². The molecule has 2 aromatic carbocycles. The molecule has 0 saturated heterocycles. The number of hydrogen-bond acceptors (Lipinski definition) is 5. The highest BCUT2D eigenvalue weighted by Gasteiger charge is 2.22. The van der Waals surface area contributed by atoms with Crippen molar-refractivity contribution in [2.24, 2.45) is 10.9 Å². The lowest BCUT2D eigenvalue weighted by atomic mass is 9.94. The maximum Gasteiger partial charge on any atom is 0.124 e. The van der Waals surface area contributed by atoms with Gasteiger partial charge in [0.15, 0.2) is 0 Å². The Labute approximate surface area is 215 Å². The number of aromatic amines is 1. The fourth-order valence-corrected chi connectivity index (χ4v) is 4.76. The van der Waals surface area contributed by atoms with Crippen LogP contribution >= 0.6 is 0 Å². The molecule has 5 rings (SSSR count). The van der Waals surface area contributed by atoms with Crippen LogP contribution in [0.5, 0.6) is 0 Å². The Balaban J connectivity index is 1.50. The Morgan fingerprint density at radius 3 is 2.84 bits per heavy atom. The summed E-state index contributed by atoms with van der Waals surface area (Å²) in [5.74, 6) is 5.78. The summed E-state index contributed by atoms with van der Waals surface area (Å²) in [6, 6.07) is 15.0. The first kappa shape index (κ1) is 24.2. The predicted octanol–water partition coefficient (Wildman–Crippen LogP) is 6.53. The Morgan fingerprint density at radius 1 is 1.14 bits per heavy atom. The van der Waals surface area contributed by atoms with Gasteiger partial charge in [0.05, 0.1) is 17.3 Å². The highest BCUT2D eigenvalue weighted by Crippen LogP contribution is 2.35. The standard InChI is InChI=1S/C29H30FN7/c1-18-7-10-26(34-17-35-31)23(13-18)20-8-11-25(32-15-20)22-6-4-3-5-19(2)36-27-12-9-21(30)14-24(27)28-16-33-29(22)37-28/h7-17,22,36H,2-6,31H2,1H3,(H,33,37)(H,34,35). The van der Waals surface area contributed by atoms with Crippen LogP contribution in [-0.2, 0) is 0 Å². The van der Waals surface area contributed by atoms with Gasteiger partial charge in [-0.2, -0.15) is 5.10 Å². The van der Waals surface area contributed by atoms with E-state index < -0.39 is 0 Å². The van der Waals surface area contributed by atoms with Gasteiger partial charge in [-0.3, -0.25) is 4.98 Å². The highest BCUT2D eigenvalue weighted by molar-refractivity contribution is 5.86. The van der Waals surface area contributed by atoms with E-state index in [2.05, 4.69) is 52.4 Å². The summed E-state index contributed by atoms with van der Waals surface area (Å²) in [6.45, 7) is 6.22. The van der Waals surface area contributed by atoms with Crippen LogP contribution in [0.4, 0.5) is 15.8 Å². The molecule has 188 valence electrons. The van der Waals surface area contributed by atoms with Crippen LogP contribution in [0.25, 0.3) is 22.4 Å². The number of allylic oxidation sites excluding steroid dienone is 1. The quantitative estimate of drug-likeness (QED) is 0.111. The minimum atomic E-state index is -0.306. The highest BCUT2D eigenvalue weighted by atomic mass is 19.1. The normalized spacial score (nSPS) is 15.9. The summed E-state index contributed by atoms with van der Waals surface area (Å²) in [4.78, 5) is 13.1. The summed E-state index contributed by atoms with van der Waals surface area (Å²) in [7, 11) is 0. The van der Waals surface area contributed by atoms with Crippen LogP contribution in [-0.4, -0.2) is 21.3 Å². The van der Waals surface area contributed by atoms with Crippen LogP contribution in [0.15, 0.2) is 78.3 Å². The minimum Gasteiger partial charge on any atom is -0.359 e. The van der Waals surface area contributed by atoms with Crippen molar-refractivity contribution in [3.05, 3.63) is 96.1 Å². The Morgan fingerprint density at radius 2 is 2.03 bits per heavy atom. The van der Waals surface area contributed by atoms with Gasteiger partial charge in [0.1, 0.15) is 18.0 Å². The second-order valence-electron chi connectivity index (χ2n) is 9.33. The molecule has 0 aliphatic carbocycles. The monoisotopic (exact) mass is 495 g/mol. The molecule has 1 aliphatic rings. The zero-order valence-corrected chi connectivity index (χ0v) is 20.8. The van der Waals surface area contributed by atoms with Crippen molar-refractivity contribution >= 4 is 17.7 Å². The molecule has 0 amide bonds. The Hall–Kier alpha value is -4.46. The average molecular weight is 496 g/mol. The van der Waals surface area contributed by atoms with Crippen molar-refractivity contribution in [2.75, 3.05) is 10.6 Å². The van der Waals surface area contributed by atoms with E-state index in [9.17, 15) is 4.39 Å². The molecule has 2 bridgehead atoms. The van der Waals surface area contributed by atoms with E-state index in [1.54, 1.807) is 6.07 Å². The number of H-pyrrole nitrogens is 1. The van der Waals surface area contributed by atoms with Crippen LogP contribution in [0.1, 0.15) is 48.7 Å². The number of anilines is 2. The fraction of sp³-hybridized carbons (Fsp3) is 0.207. The number of hydrogen-bond donors (Lipinski definition) is 4. The number of fused-ring (bicyclic) bond motifs is 4. The lowest BCUT2D eigenvalue weighted by molar-refractivity contribution is 0.597. The Kier molecular flexibility index (Phi) is 6.98. The van der Waals surface area contributed by atoms with Crippen LogP contribution in [0.2, 0.25) is 0 Å². The molecule has 5 N–H and O–H groups in total. The van der Waals surface area contributed by atoms with Crippen molar-refractivity contribution in [2.45, 2.75) is 38.5 Å². The van der Waals surface area contributed by atoms with E-state index in [-0.39, 0.29) is 11.7 Å². The number of aromatic nitrogens is 3. The van der Waals surface area contributed by atoms with Gasteiger partial charge in [-0.1, -0.05) is 30.7 Å². The van der Waals surface area contributed by atoms with Crippen molar-refractivity contribution in [3.63, 3.8) is 0 Å². The molecule has 0 radical (unpaired) electrons. The molecule has 0 fully saturated rings. The number of nitrogens with zero attached hydrogens (tertiary/aromatic N) is 3. The second kappa shape index (κ2) is 10.7. The summed E-state index contributed by atoms with van der Waals surface area (Å²) in [5.41, 5.74) is 8.07. The number of benzene rings is 2.